The summed E-state index contributed by atoms with van der Waals surface area (Å²) in [5.41, 5.74) is 1.49. The Kier molecular flexibility index (Phi) is 4.18. The largest absolute Gasteiger partial charge is 0.334 e. The molecular weight excluding hydrogens is 242 g/mol. The molecule has 100 valence electrons. The number of rotatable bonds is 4. The summed E-state index contributed by atoms with van der Waals surface area (Å²) in [6.45, 7) is 4.68. The third-order valence-electron chi connectivity index (χ3n) is 2.90. The number of nitrogens with zero attached hydrogens (tertiary/aromatic N) is 1. The molecule has 1 aliphatic heterocycles. The number of nitrogens with one attached hydrogen (secondary N) is 2. The third-order valence-corrected chi connectivity index (χ3v) is 2.90. The molecule has 1 heterocycles. The summed E-state index contributed by atoms with van der Waals surface area (Å²) in [7, 11) is 0. The summed E-state index contributed by atoms with van der Waals surface area (Å²) in [5, 5.41) is 5.35. The molecule has 0 saturated carbocycles. The van der Waals surface area contributed by atoms with Crippen molar-refractivity contribution in [2.45, 2.75) is 12.8 Å². The van der Waals surface area contributed by atoms with Gasteiger partial charge in [-0.25, -0.2) is 4.79 Å². The second-order valence-electron chi connectivity index (χ2n) is 4.32. The van der Waals surface area contributed by atoms with Crippen LogP contribution in [0.4, 0.5) is 16.2 Å². The van der Waals surface area contributed by atoms with Crippen molar-refractivity contribution in [2.75, 3.05) is 23.3 Å². The van der Waals surface area contributed by atoms with Crippen LogP contribution in [0.15, 0.2) is 36.9 Å². The van der Waals surface area contributed by atoms with E-state index in [9.17, 15) is 9.59 Å². The molecule has 0 radical (unpaired) electrons. The number of hydrogen-bond donors (Lipinski definition) is 2. The van der Waals surface area contributed by atoms with Crippen LogP contribution in [-0.2, 0) is 4.79 Å². The SMILES string of the molecule is C=CCNC(=O)Nc1cccc(N2CCCC2=O)c1. The summed E-state index contributed by atoms with van der Waals surface area (Å²) in [6, 6.07) is 7.00. The Balaban J connectivity index is 2.04. The van der Waals surface area contributed by atoms with E-state index < -0.39 is 0 Å². The van der Waals surface area contributed by atoms with Crippen LogP contribution in [0.3, 0.4) is 0 Å². The van der Waals surface area contributed by atoms with Gasteiger partial charge >= 0.3 is 6.03 Å². The average molecular weight is 259 g/mol. The lowest BCUT2D eigenvalue weighted by atomic mass is 10.2. The molecule has 2 rings (SSSR count). The van der Waals surface area contributed by atoms with Crippen molar-refractivity contribution in [3.8, 4) is 0 Å². The van der Waals surface area contributed by atoms with Gasteiger partial charge in [0.15, 0.2) is 0 Å². The number of carbonyl (C=O) groups excluding carboxylic acids is 2. The van der Waals surface area contributed by atoms with Crippen molar-refractivity contribution in [3.63, 3.8) is 0 Å². The number of anilines is 2. The highest BCUT2D eigenvalue weighted by atomic mass is 16.2. The predicted octanol–water partition coefficient (Wildman–Crippen LogP) is 2.12. The minimum Gasteiger partial charge on any atom is -0.334 e. The lowest BCUT2D eigenvalue weighted by molar-refractivity contribution is -0.117. The van der Waals surface area contributed by atoms with E-state index >= 15 is 0 Å². The Labute approximate surface area is 112 Å². The van der Waals surface area contributed by atoms with E-state index in [2.05, 4.69) is 17.2 Å². The summed E-state index contributed by atoms with van der Waals surface area (Å²) >= 11 is 0. The summed E-state index contributed by atoms with van der Waals surface area (Å²) in [6.07, 6.45) is 3.09. The standard InChI is InChI=1S/C14H17N3O2/c1-2-8-15-14(19)16-11-5-3-6-12(10-11)17-9-4-7-13(17)18/h2-3,5-6,10H,1,4,7-9H2,(H2,15,16,19). The van der Waals surface area contributed by atoms with Crippen LogP contribution in [0.1, 0.15) is 12.8 Å². The zero-order valence-electron chi connectivity index (χ0n) is 10.7. The minimum absolute atomic E-state index is 0.133. The van der Waals surface area contributed by atoms with Gasteiger partial charge < -0.3 is 15.5 Å². The summed E-state index contributed by atoms with van der Waals surface area (Å²) < 4.78 is 0. The maximum absolute atomic E-state index is 11.7. The van der Waals surface area contributed by atoms with Gasteiger partial charge in [0.25, 0.3) is 0 Å². The first-order chi connectivity index (χ1) is 9.20. The highest BCUT2D eigenvalue weighted by Gasteiger charge is 2.21. The van der Waals surface area contributed by atoms with Crippen molar-refractivity contribution in [1.82, 2.24) is 5.32 Å². The molecule has 1 aromatic rings. The van der Waals surface area contributed by atoms with Crippen molar-refractivity contribution in [1.29, 1.82) is 0 Å². The average Bonchev–Trinajstić information content (AvgIpc) is 2.83. The van der Waals surface area contributed by atoms with Crippen LogP contribution in [0, 0.1) is 0 Å². The van der Waals surface area contributed by atoms with Crippen LogP contribution in [0.2, 0.25) is 0 Å². The molecule has 19 heavy (non-hydrogen) atoms. The molecule has 5 heteroatoms. The van der Waals surface area contributed by atoms with Gasteiger partial charge in [0, 0.05) is 30.9 Å². The number of benzene rings is 1. The topological polar surface area (TPSA) is 61.4 Å². The Morgan fingerprint density at radius 3 is 3.00 bits per heavy atom. The number of amides is 3. The highest BCUT2D eigenvalue weighted by Crippen LogP contribution is 2.24. The molecule has 0 aromatic heterocycles. The zero-order chi connectivity index (χ0) is 13.7. The van der Waals surface area contributed by atoms with Crippen LogP contribution >= 0.6 is 0 Å². The smallest absolute Gasteiger partial charge is 0.319 e. The number of urea groups is 1. The fourth-order valence-corrected chi connectivity index (χ4v) is 2.01. The monoisotopic (exact) mass is 259 g/mol. The molecule has 1 aliphatic rings. The summed E-state index contributed by atoms with van der Waals surface area (Å²) in [4.78, 5) is 24.9. The van der Waals surface area contributed by atoms with E-state index in [1.54, 1.807) is 23.1 Å². The second kappa shape index (κ2) is 6.04. The van der Waals surface area contributed by atoms with Gasteiger partial charge in [0.1, 0.15) is 0 Å². The minimum atomic E-state index is -0.287. The van der Waals surface area contributed by atoms with E-state index in [0.717, 1.165) is 18.7 Å². The van der Waals surface area contributed by atoms with E-state index in [4.69, 9.17) is 0 Å². The van der Waals surface area contributed by atoms with E-state index in [0.29, 0.717) is 18.7 Å². The maximum atomic E-state index is 11.7. The van der Waals surface area contributed by atoms with Gasteiger partial charge in [-0.15, -0.1) is 6.58 Å². The quantitative estimate of drug-likeness (QED) is 0.814. The first-order valence-corrected chi connectivity index (χ1v) is 6.27. The van der Waals surface area contributed by atoms with Crippen molar-refractivity contribution >= 4 is 23.3 Å². The van der Waals surface area contributed by atoms with Crippen LogP contribution < -0.4 is 15.5 Å². The van der Waals surface area contributed by atoms with Crippen molar-refractivity contribution in [2.24, 2.45) is 0 Å². The van der Waals surface area contributed by atoms with Gasteiger partial charge in [-0.3, -0.25) is 4.79 Å². The van der Waals surface area contributed by atoms with Crippen LogP contribution in [0.25, 0.3) is 0 Å². The Bertz CT molecular complexity index is 499. The number of carbonyl (C=O) groups is 2. The number of hydrogen-bond acceptors (Lipinski definition) is 2. The molecule has 1 fully saturated rings. The second-order valence-corrected chi connectivity index (χ2v) is 4.32. The third kappa shape index (κ3) is 3.34. The van der Waals surface area contributed by atoms with Crippen LogP contribution in [-0.4, -0.2) is 25.0 Å². The van der Waals surface area contributed by atoms with Gasteiger partial charge in [-0.05, 0) is 24.6 Å². The van der Waals surface area contributed by atoms with E-state index in [1.807, 2.05) is 12.1 Å². The fraction of sp³-hybridized carbons (Fsp3) is 0.286. The first-order valence-electron chi connectivity index (χ1n) is 6.27. The molecule has 3 amide bonds. The molecule has 1 saturated heterocycles. The fourth-order valence-electron chi connectivity index (χ4n) is 2.01. The zero-order valence-corrected chi connectivity index (χ0v) is 10.7. The summed E-state index contributed by atoms with van der Waals surface area (Å²) in [5.74, 6) is 0.133. The Morgan fingerprint density at radius 2 is 2.32 bits per heavy atom. The predicted molar refractivity (Wildman–Crippen MR) is 75.2 cm³/mol. The Morgan fingerprint density at radius 1 is 1.47 bits per heavy atom. The lowest BCUT2D eigenvalue weighted by Gasteiger charge is -2.16. The first kappa shape index (κ1) is 13.1. The highest BCUT2D eigenvalue weighted by molar-refractivity contribution is 5.96. The van der Waals surface area contributed by atoms with Gasteiger partial charge in [-0.1, -0.05) is 12.1 Å². The lowest BCUT2D eigenvalue weighted by Crippen LogP contribution is -2.29. The normalized spacial score (nSPS) is 14.3. The van der Waals surface area contributed by atoms with Crippen molar-refractivity contribution < 1.29 is 9.59 Å². The van der Waals surface area contributed by atoms with Crippen LogP contribution in [0.5, 0.6) is 0 Å². The van der Waals surface area contributed by atoms with Gasteiger partial charge in [0.05, 0.1) is 0 Å². The molecule has 5 nitrogen and oxygen atoms in total. The van der Waals surface area contributed by atoms with E-state index in [-0.39, 0.29) is 11.9 Å². The molecule has 0 bridgehead atoms. The van der Waals surface area contributed by atoms with Crippen molar-refractivity contribution in [3.05, 3.63) is 36.9 Å². The molecule has 0 atom stereocenters. The molecular formula is C14H17N3O2. The molecule has 0 aliphatic carbocycles. The maximum Gasteiger partial charge on any atom is 0.319 e. The molecule has 1 aromatic carbocycles. The molecule has 0 spiro atoms. The van der Waals surface area contributed by atoms with E-state index in [1.165, 1.54) is 0 Å². The molecule has 0 unspecified atom stereocenters. The van der Waals surface area contributed by atoms with Gasteiger partial charge in [-0.2, -0.15) is 0 Å². The van der Waals surface area contributed by atoms with Gasteiger partial charge in [0.2, 0.25) is 5.91 Å². The molecule has 2 N–H and O–H groups in total. The Hall–Kier alpha value is -2.30.